The lowest BCUT2D eigenvalue weighted by Crippen LogP contribution is -2.16. The van der Waals surface area contributed by atoms with E-state index in [4.69, 9.17) is 0 Å². The summed E-state index contributed by atoms with van der Waals surface area (Å²) in [5.74, 6) is 0.477. The molecule has 2 aromatic carbocycles. The first-order valence-corrected chi connectivity index (χ1v) is 8.34. The van der Waals surface area contributed by atoms with E-state index in [0.717, 1.165) is 13.0 Å². The quantitative estimate of drug-likeness (QED) is 0.641. The van der Waals surface area contributed by atoms with E-state index in [2.05, 4.69) is 78.3 Å². The van der Waals surface area contributed by atoms with Crippen LogP contribution in [-0.2, 0) is 0 Å². The molecule has 108 valence electrons. The Labute approximate surface area is 130 Å². The standard InChI is InChI=1S/C19H21NS/c1-20(2)12-10-18(16-11-13-21-14-16)19-9-5-7-15-6-3-4-8-17(15)19/h3-9,11,13-14,18H,10,12H2,1-2H3. The summed E-state index contributed by atoms with van der Waals surface area (Å²) in [5, 5.41) is 7.20. The van der Waals surface area contributed by atoms with Gasteiger partial charge in [0.05, 0.1) is 0 Å². The average Bonchev–Trinajstić information content (AvgIpc) is 3.01. The lowest BCUT2D eigenvalue weighted by atomic mass is 9.87. The van der Waals surface area contributed by atoms with Gasteiger partial charge in [-0.25, -0.2) is 0 Å². The van der Waals surface area contributed by atoms with Crippen LogP contribution in [-0.4, -0.2) is 25.5 Å². The number of thiophene rings is 1. The minimum Gasteiger partial charge on any atom is -0.309 e. The van der Waals surface area contributed by atoms with Gasteiger partial charge in [0.2, 0.25) is 0 Å². The Morgan fingerprint density at radius 3 is 2.57 bits per heavy atom. The molecule has 21 heavy (non-hydrogen) atoms. The van der Waals surface area contributed by atoms with Crippen LogP contribution in [0.2, 0.25) is 0 Å². The topological polar surface area (TPSA) is 3.24 Å². The molecule has 3 aromatic rings. The molecule has 0 aliphatic heterocycles. The predicted molar refractivity (Wildman–Crippen MR) is 93.3 cm³/mol. The monoisotopic (exact) mass is 295 g/mol. The molecule has 1 nitrogen and oxygen atoms in total. The number of hydrogen-bond acceptors (Lipinski definition) is 2. The summed E-state index contributed by atoms with van der Waals surface area (Å²) in [4.78, 5) is 2.27. The Kier molecular flexibility index (Phi) is 4.37. The van der Waals surface area contributed by atoms with Gasteiger partial charge in [0.15, 0.2) is 0 Å². The average molecular weight is 295 g/mol. The zero-order chi connectivity index (χ0) is 14.7. The molecular formula is C19H21NS. The number of benzene rings is 2. The molecule has 0 aliphatic rings. The SMILES string of the molecule is CN(C)CCC(c1ccsc1)c1cccc2ccccc12. The van der Waals surface area contributed by atoms with Gasteiger partial charge in [-0.3, -0.25) is 0 Å². The third kappa shape index (κ3) is 3.17. The summed E-state index contributed by atoms with van der Waals surface area (Å²) in [5.41, 5.74) is 2.89. The van der Waals surface area contributed by atoms with Crippen molar-refractivity contribution in [2.24, 2.45) is 0 Å². The number of fused-ring (bicyclic) bond motifs is 1. The second-order valence-electron chi connectivity index (χ2n) is 5.77. The molecule has 0 saturated heterocycles. The van der Waals surface area contributed by atoms with E-state index in [1.165, 1.54) is 21.9 Å². The van der Waals surface area contributed by atoms with Gasteiger partial charge in [-0.2, -0.15) is 11.3 Å². The van der Waals surface area contributed by atoms with Gasteiger partial charge in [-0.15, -0.1) is 0 Å². The summed E-state index contributed by atoms with van der Waals surface area (Å²) >= 11 is 1.79. The van der Waals surface area contributed by atoms with Gasteiger partial charge in [-0.1, -0.05) is 42.5 Å². The van der Waals surface area contributed by atoms with Crippen LogP contribution in [0.15, 0.2) is 59.3 Å². The third-order valence-corrected chi connectivity index (χ3v) is 4.71. The van der Waals surface area contributed by atoms with Crippen LogP contribution in [0.1, 0.15) is 23.5 Å². The molecule has 1 atom stereocenters. The molecule has 3 rings (SSSR count). The maximum atomic E-state index is 2.29. The largest absolute Gasteiger partial charge is 0.309 e. The Morgan fingerprint density at radius 2 is 1.81 bits per heavy atom. The van der Waals surface area contributed by atoms with Gasteiger partial charge < -0.3 is 4.90 Å². The van der Waals surface area contributed by atoms with E-state index in [9.17, 15) is 0 Å². The Bertz CT molecular complexity index is 695. The van der Waals surface area contributed by atoms with Crippen molar-refractivity contribution in [1.29, 1.82) is 0 Å². The lowest BCUT2D eigenvalue weighted by molar-refractivity contribution is 0.391. The summed E-state index contributed by atoms with van der Waals surface area (Å²) < 4.78 is 0. The molecule has 1 heterocycles. The van der Waals surface area contributed by atoms with Gasteiger partial charge in [-0.05, 0) is 65.8 Å². The van der Waals surface area contributed by atoms with E-state index in [1.54, 1.807) is 11.3 Å². The summed E-state index contributed by atoms with van der Waals surface area (Å²) in [7, 11) is 4.29. The minimum absolute atomic E-state index is 0.477. The first kappa shape index (κ1) is 14.3. The molecule has 0 saturated carbocycles. The highest BCUT2D eigenvalue weighted by Gasteiger charge is 2.17. The van der Waals surface area contributed by atoms with Crippen LogP contribution in [0, 0.1) is 0 Å². The van der Waals surface area contributed by atoms with Gasteiger partial charge in [0, 0.05) is 5.92 Å². The molecule has 0 radical (unpaired) electrons. The van der Waals surface area contributed by atoms with E-state index in [1.807, 2.05) is 0 Å². The normalized spacial score (nSPS) is 12.9. The Morgan fingerprint density at radius 1 is 1.00 bits per heavy atom. The summed E-state index contributed by atoms with van der Waals surface area (Å²) in [6.45, 7) is 1.10. The molecule has 0 amide bonds. The molecule has 0 N–H and O–H groups in total. The smallest absolute Gasteiger partial charge is 0.0116 e. The van der Waals surface area contributed by atoms with Crippen LogP contribution in [0.3, 0.4) is 0 Å². The van der Waals surface area contributed by atoms with Gasteiger partial charge in [0.1, 0.15) is 0 Å². The molecular weight excluding hydrogens is 274 g/mol. The van der Waals surface area contributed by atoms with E-state index >= 15 is 0 Å². The first-order valence-electron chi connectivity index (χ1n) is 7.40. The predicted octanol–water partition coefficient (Wildman–Crippen LogP) is 4.98. The van der Waals surface area contributed by atoms with Crippen LogP contribution < -0.4 is 0 Å². The van der Waals surface area contributed by atoms with Crippen molar-refractivity contribution >= 4 is 22.1 Å². The highest BCUT2D eigenvalue weighted by molar-refractivity contribution is 7.08. The van der Waals surface area contributed by atoms with E-state index in [-0.39, 0.29) is 0 Å². The van der Waals surface area contributed by atoms with E-state index in [0.29, 0.717) is 5.92 Å². The van der Waals surface area contributed by atoms with Crippen molar-refractivity contribution in [1.82, 2.24) is 4.90 Å². The third-order valence-electron chi connectivity index (χ3n) is 4.01. The highest BCUT2D eigenvalue weighted by atomic mass is 32.1. The van der Waals surface area contributed by atoms with E-state index < -0.39 is 0 Å². The first-order chi connectivity index (χ1) is 10.3. The molecule has 0 bridgehead atoms. The van der Waals surface area contributed by atoms with Crippen LogP contribution in [0.25, 0.3) is 10.8 Å². The zero-order valence-corrected chi connectivity index (χ0v) is 13.4. The van der Waals surface area contributed by atoms with Crippen molar-refractivity contribution in [2.75, 3.05) is 20.6 Å². The van der Waals surface area contributed by atoms with Crippen molar-refractivity contribution < 1.29 is 0 Å². The van der Waals surface area contributed by atoms with Crippen LogP contribution in [0.4, 0.5) is 0 Å². The van der Waals surface area contributed by atoms with Crippen molar-refractivity contribution in [3.05, 3.63) is 70.4 Å². The Balaban J connectivity index is 2.06. The highest BCUT2D eigenvalue weighted by Crippen LogP contribution is 2.34. The fourth-order valence-electron chi connectivity index (χ4n) is 2.92. The fraction of sp³-hybridized carbons (Fsp3) is 0.263. The number of hydrogen-bond donors (Lipinski definition) is 0. The minimum atomic E-state index is 0.477. The maximum absolute atomic E-state index is 2.29. The van der Waals surface area contributed by atoms with Crippen molar-refractivity contribution in [3.63, 3.8) is 0 Å². The molecule has 1 unspecified atom stereocenters. The molecule has 0 spiro atoms. The zero-order valence-electron chi connectivity index (χ0n) is 12.6. The maximum Gasteiger partial charge on any atom is 0.0116 e. The fourth-order valence-corrected chi connectivity index (χ4v) is 3.63. The second-order valence-corrected chi connectivity index (χ2v) is 6.55. The van der Waals surface area contributed by atoms with Crippen molar-refractivity contribution in [2.45, 2.75) is 12.3 Å². The molecule has 0 aliphatic carbocycles. The van der Waals surface area contributed by atoms with Gasteiger partial charge in [0.25, 0.3) is 0 Å². The molecule has 1 aromatic heterocycles. The van der Waals surface area contributed by atoms with Crippen LogP contribution >= 0.6 is 11.3 Å². The summed E-state index contributed by atoms with van der Waals surface area (Å²) in [6.07, 6.45) is 1.15. The summed E-state index contributed by atoms with van der Waals surface area (Å²) in [6, 6.07) is 17.7. The van der Waals surface area contributed by atoms with Crippen molar-refractivity contribution in [3.8, 4) is 0 Å². The van der Waals surface area contributed by atoms with Gasteiger partial charge >= 0.3 is 0 Å². The number of rotatable bonds is 5. The lowest BCUT2D eigenvalue weighted by Gasteiger charge is -2.21. The number of nitrogens with zero attached hydrogens (tertiary/aromatic N) is 1. The van der Waals surface area contributed by atoms with Crippen LogP contribution in [0.5, 0.6) is 0 Å². The second kappa shape index (κ2) is 6.42. The molecule has 0 fully saturated rings. The Hall–Kier alpha value is -1.64. The molecule has 2 heteroatoms.